The minimum Gasteiger partial charge on any atom is -0.491 e. The summed E-state index contributed by atoms with van der Waals surface area (Å²) < 4.78 is 5.32. The molecule has 0 atom stereocenters. The molecule has 0 unspecified atom stereocenters. The van der Waals surface area contributed by atoms with Crippen molar-refractivity contribution >= 4 is 11.7 Å². The molecule has 6 heteroatoms. The minimum absolute atomic E-state index is 0.0483. The molecule has 0 heterocycles. The average molecular weight is 240 g/mol. The zero-order valence-electron chi connectivity index (χ0n) is 9.35. The Balaban J connectivity index is 2.55. The third kappa shape index (κ3) is 4.29. The number of anilines is 1. The van der Waals surface area contributed by atoms with Crippen LogP contribution in [0.5, 0.6) is 5.75 Å². The molecule has 0 aromatic heterocycles. The number of aliphatic hydroxyl groups excluding tert-OH is 1. The molecule has 6 nitrogen and oxygen atoms in total. The maximum Gasteiger partial charge on any atom is 0.339 e. The van der Waals surface area contributed by atoms with Crippen LogP contribution >= 0.6 is 0 Å². The Bertz CT molecular complexity index is 382. The minimum atomic E-state index is -1.07. The molecule has 0 aliphatic rings. The van der Waals surface area contributed by atoms with Crippen molar-refractivity contribution in [3.8, 4) is 5.75 Å². The quantitative estimate of drug-likeness (QED) is 0.393. The van der Waals surface area contributed by atoms with Gasteiger partial charge in [-0.3, -0.25) is 0 Å². The normalized spacial score (nSPS) is 10.2. The largest absolute Gasteiger partial charge is 0.491 e. The van der Waals surface area contributed by atoms with E-state index in [1.54, 1.807) is 6.07 Å². The highest BCUT2D eigenvalue weighted by Gasteiger charge is 2.11. The SMILES string of the molecule is Nc1ccc(OCCNCCO)c(C(=O)O)c1. The Morgan fingerprint density at radius 2 is 2.18 bits per heavy atom. The van der Waals surface area contributed by atoms with Crippen LogP contribution in [-0.4, -0.2) is 42.5 Å². The van der Waals surface area contributed by atoms with Crippen LogP contribution in [0.4, 0.5) is 5.69 Å². The molecular weight excluding hydrogens is 224 g/mol. The van der Waals surface area contributed by atoms with Crippen LogP contribution in [0.25, 0.3) is 0 Å². The maximum atomic E-state index is 10.9. The highest BCUT2D eigenvalue weighted by atomic mass is 16.5. The fourth-order valence-electron chi connectivity index (χ4n) is 1.28. The van der Waals surface area contributed by atoms with E-state index in [1.807, 2.05) is 0 Å². The number of ether oxygens (including phenoxy) is 1. The Labute approximate surface area is 99.0 Å². The predicted octanol–water partition coefficient (Wildman–Crippen LogP) is -0.0723. The second-order valence-corrected chi connectivity index (χ2v) is 3.38. The van der Waals surface area contributed by atoms with Crippen LogP contribution in [0.1, 0.15) is 10.4 Å². The third-order valence-electron chi connectivity index (χ3n) is 2.06. The number of hydrogen-bond donors (Lipinski definition) is 4. The molecule has 0 aliphatic heterocycles. The van der Waals surface area contributed by atoms with Crippen molar-refractivity contribution in [2.75, 3.05) is 32.0 Å². The Hall–Kier alpha value is -1.79. The number of nitrogens with one attached hydrogen (secondary N) is 1. The predicted molar refractivity (Wildman–Crippen MR) is 63.3 cm³/mol. The zero-order chi connectivity index (χ0) is 12.7. The zero-order valence-corrected chi connectivity index (χ0v) is 9.35. The number of carbonyl (C=O) groups is 1. The van der Waals surface area contributed by atoms with E-state index in [2.05, 4.69) is 5.32 Å². The lowest BCUT2D eigenvalue weighted by molar-refractivity contribution is 0.0692. The molecule has 0 saturated carbocycles. The molecule has 1 aromatic rings. The molecule has 0 radical (unpaired) electrons. The van der Waals surface area contributed by atoms with Gasteiger partial charge >= 0.3 is 5.97 Å². The molecule has 0 spiro atoms. The fourth-order valence-corrected chi connectivity index (χ4v) is 1.28. The fraction of sp³-hybridized carbons (Fsp3) is 0.364. The van der Waals surface area contributed by atoms with Crippen molar-refractivity contribution in [3.05, 3.63) is 23.8 Å². The van der Waals surface area contributed by atoms with E-state index in [1.165, 1.54) is 12.1 Å². The number of nitrogens with two attached hydrogens (primary N) is 1. The van der Waals surface area contributed by atoms with Crippen molar-refractivity contribution in [2.24, 2.45) is 0 Å². The van der Waals surface area contributed by atoms with E-state index in [4.69, 9.17) is 20.7 Å². The molecular formula is C11H16N2O4. The summed E-state index contributed by atoms with van der Waals surface area (Å²) in [5.74, 6) is -0.784. The highest BCUT2D eigenvalue weighted by Crippen LogP contribution is 2.21. The molecule has 5 N–H and O–H groups in total. The van der Waals surface area contributed by atoms with Crippen LogP contribution in [0, 0.1) is 0 Å². The average Bonchev–Trinajstić information content (AvgIpc) is 2.30. The lowest BCUT2D eigenvalue weighted by Gasteiger charge is -2.10. The van der Waals surface area contributed by atoms with E-state index in [9.17, 15) is 4.79 Å². The first kappa shape index (κ1) is 13.3. The summed E-state index contributed by atoms with van der Waals surface area (Å²) >= 11 is 0. The molecule has 17 heavy (non-hydrogen) atoms. The van der Waals surface area contributed by atoms with Gasteiger partial charge in [-0.1, -0.05) is 0 Å². The van der Waals surface area contributed by atoms with E-state index < -0.39 is 5.97 Å². The number of carboxylic acid groups (broad SMARTS) is 1. The molecule has 0 aliphatic carbocycles. The van der Waals surface area contributed by atoms with Gasteiger partial charge in [0.1, 0.15) is 17.9 Å². The van der Waals surface area contributed by atoms with Gasteiger partial charge in [0.25, 0.3) is 0 Å². The number of carboxylic acids is 1. The number of rotatable bonds is 7. The molecule has 0 fully saturated rings. The topological polar surface area (TPSA) is 105 Å². The van der Waals surface area contributed by atoms with Crippen LogP contribution in [0.15, 0.2) is 18.2 Å². The first-order valence-electron chi connectivity index (χ1n) is 5.22. The van der Waals surface area contributed by atoms with E-state index >= 15 is 0 Å². The van der Waals surface area contributed by atoms with Gasteiger partial charge < -0.3 is 26.0 Å². The van der Waals surface area contributed by atoms with Gasteiger partial charge in [0, 0.05) is 18.8 Å². The van der Waals surface area contributed by atoms with Gasteiger partial charge in [-0.2, -0.15) is 0 Å². The molecule has 94 valence electrons. The van der Waals surface area contributed by atoms with Crippen molar-refractivity contribution in [3.63, 3.8) is 0 Å². The monoisotopic (exact) mass is 240 g/mol. The van der Waals surface area contributed by atoms with Crippen molar-refractivity contribution < 1.29 is 19.7 Å². The van der Waals surface area contributed by atoms with Gasteiger partial charge in [0.2, 0.25) is 0 Å². The maximum absolute atomic E-state index is 10.9. The summed E-state index contributed by atoms with van der Waals surface area (Å²) in [6.07, 6.45) is 0. The van der Waals surface area contributed by atoms with Crippen molar-refractivity contribution in [1.29, 1.82) is 0 Å². The molecule has 1 aromatic carbocycles. The van der Waals surface area contributed by atoms with Crippen LogP contribution in [0.2, 0.25) is 0 Å². The Morgan fingerprint density at radius 3 is 2.82 bits per heavy atom. The van der Waals surface area contributed by atoms with Gasteiger partial charge in [-0.15, -0.1) is 0 Å². The van der Waals surface area contributed by atoms with Gasteiger partial charge in [0.05, 0.1) is 6.61 Å². The number of benzene rings is 1. The Kier molecular flexibility index (Phi) is 5.25. The standard InChI is InChI=1S/C11H16N2O4/c12-8-1-2-10(9(7-8)11(15)16)17-6-4-13-3-5-14/h1-2,7,13-14H,3-6,12H2,(H,15,16). The van der Waals surface area contributed by atoms with Gasteiger partial charge in [-0.05, 0) is 18.2 Å². The number of nitrogen functional groups attached to an aromatic ring is 1. The number of aromatic carboxylic acids is 1. The first-order valence-corrected chi connectivity index (χ1v) is 5.22. The first-order chi connectivity index (χ1) is 8.15. The third-order valence-corrected chi connectivity index (χ3v) is 2.06. The lowest BCUT2D eigenvalue weighted by Crippen LogP contribution is -2.24. The van der Waals surface area contributed by atoms with E-state index in [0.29, 0.717) is 25.4 Å². The van der Waals surface area contributed by atoms with E-state index in [0.717, 1.165) is 0 Å². The van der Waals surface area contributed by atoms with Crippen LogP contribution in [0.3, 0.4) is 0 Å². The number of hydrogen-bond acceptors (Lipinski definition) is 5. The van der Waals surface area contributed by atoms with Crippen molar-refractivity contribution in [2.45, 2.75) is 0 Å². The molecule has 0 bridgehead atoms. The van der Waals surface area contributed by atoms with Crippen LogP contribution in [-0.2, 0) is 0 Å². The summed E-state index contributed by atoms with van der Waals surface area (Å²) in [4.78, 5) is 10.9. The second kappa shape index (κ2) is 6.72. The number of aliphatic hydroxyl groups is 1. The Morgan fingerprint density at radius 1 is 1.41 bits per heavy atom. The summed E-state index contributed by atoms with van der Waals surface area (Å²) in [5.41, 5.74) is 5.93. The molecule has 0 amide bonds. The van der Waals surface area contributed by atoms with Crippen LogP contribution < -0.4 is 15.8 Å². The summed E-state index contributed by atoms with van der Waals surface area (Å²) in [5, 5.41) is 20.4. The lowest BCUT2D eigenvalue weighted by atomic mass is 10.2. The van der Waals surface area contributed by atoms with Crippen molar-refractivity contribution in [1.82, 2.24) is 5.32 Å². The summed E-state index contributed by atoms with van der Waals surface area (Å²) in [6, 6.07) is 4.48. The summed E-state index contributed by atoms with van der Waals surface area (Å²) in [6.45, 7) is 1.40. The van der Waals surface area contributed by atoms with E-state index in [-0.39, 0.29) is 17.9 Å². The molecule has 1 rings (SSSR count). The second-order valence-electron chi connectivity index (χ2n) is 3.38. The highest BCUT2D eigenvalue weighted by molar-refractivity contribution is 5.92. The van der Waals surface area contributed by atoms with Gasteiger partial charge in [-0.25, -0.2) is 4.79 Å². The molecule has 0 saturated heterocycles. The van der Waals surface area contributed by atoms with Gasteiger partial charge in [0.15, 0.2) is 0 Å². The summed E-state index contributed by atoms with van der Waals surface area (Å²) in [7, 11) is 0. The smallest absolute Gasteiger partial charge is 0.339 e.